The number of carbonyl (C=O) groups is 1. The predicted molar refractivity (Wildman–Crippen MR) is 69.8 cm³/mol. The third-order valence-electron chi connectivity index (χ3n) is 3.54. The second-order valence-electron chi connectivity index (χ2n) is 5.19. The van der Waals surface area contributed by atoms with E-state index in [4.69, 9.17) is 5.11 Å². The lowest BCUT2D eigenvalue weighted by Gasteiger charge is -2.30. The Morgan fingerprint density at radius 1 is 1.42 bits per heavy atom. The van der Waals surface area contributed by atoms with Gasteiger partial charge in [-0.05, 0) is 26.2 Å². The molecule has 7 nitrogen and oxygen atoms in total. The Labute approximate surface area is 113 Å². The number of nitrogens with zero attached hydrogens (tertiary/aromatic N) is 1. The predicted octanol–water partition coefficient (Wildman–Crippen LogP) is -0.222. The third kappa shape index (κ3) is 4.72. The van der Waals surface area contributed by atoms with Crippen LogP contribution in [0.3, 0.4) is 0 Å². The molecule has 1 aliphatic heterocycles. The van der Waals surface area contributed by atoms with Gasteiger partial charge in [0.15, 0.2) is 0 Å². The Kier molecular flexibility index (Phi) is 5.31. The lowest BCUT2D eigenvalue weighted by Crippen LogP contribution is -2.49. The quantitative estimate of drug-likeness (QED) is 0.628. The van der Waals surface area contributed by atoms with Crippen LogP contribution in [0, 0.1) is 5.92 Å². The van der Waals surface area contributed by atoms with Crippen LogP contribution in [0.5, 0.6) is 0 Å². The van der Waals surface area contributed by atoms with E-state index in [1.165, 1.54) is 4.31 Å². The molecule has 0 aromatic heterocycles. The molecule has 1 rings (SSSR count). The van der Waals surface area contributed by atoms with E-state index in [9.17, 15) is 18.3 Å². The third-order valence-corrected chi connectivity index (χ3v) is 5.09. The first-order valence-electron chi connectivity index (χ1n) is 6.38. The maximum atomic E-state index is 12.0. The Bertz CT molecular complexity index is 413. The molecule has 0 radical (unpaired) electrons. The van der Waals surface area contributed by atoms with Crippen molar-refractivity contribution in [3.8, 4) is 0 Å². The van der Waals surface area contributed by atoms with E-state index >= 15 is 0 Å². The normalized spacial score (nSPS) is 22.1. The van der Waals surface area contributed by atoms with Crippen molar-refractivity contribution in [1.82, 2.24) is 9.03 Å². The van der Waals surface area contributed by atoms with Gasteiger partial charge in [-0.1, -0.05) is 6.92 Å². The zero-order valence-electron chi connectivity index (χ0n) is 11.3. The number of hydrogen-bond donors (Lipinski definition) is 3. The maximum absolute atomic E-state index is 12.0. The van der Waals surface area contributed by atoms with Gasteiger partial charge in [0.25, 0.3) is 10.2 Å². The zero-order chi connectivity index (χ0) is 14.7. The van der Waals surface area contributed by atoms with Gasteiger partial charge in [0.05, 0.1) is 11.5 Å². The second-order valence-corrected chi connectivity index (χ2v) is 6.94. The highest BCUT2D eigenvalue weighted by atomic mass is 32.2. The molecule has 1 atom stereocenters. The lowest BCUT2D eigenvalue weighted by atomic mass is 9.99. The summed E-state index contributed by atoms with van der Waals surface area (Å²) in [5, 5.41) is 18.6. The first kappa shape index (κ1) is 16.4. The molecule has 112 valence electrons. The first-order valence-corrected chi connectivity index (χ1v) is 7.82. The summed E-state index contributed by atoms with van der Waals surface area (Å²) in [6.45, 7) is 3.67. The van der Waals surface area contributed by atoms with Gasteiger partial charge in [0.2, 0.25) is 0 Å². The minimum Gasteiger partial charge on any atom is -0.481 e. The summed E-state index contributed by atoms with van der Waals surface area (Å²) in [6.07, 6.45) is 1.08. The van der Waals surface area contributed by atoms with Gasteiger partial charge in [0.1, 0.15) is 0 Å². The number of hydrogen-bond acceptors (Lipinski definition) is 4. The Hall–Kier alpha value is -0.700. The largest absolute Gasteiger partial charge is 0.481 e. The van der Waals surface area contributed by atoms with E-state index < -0.39 is 27.7 Å². The SMILES string of the molecule is CCC(C)(O)CNS(=O)(=O)N1CCC(C(=O)O)CC1. The van der Waals surface area contributed by atoms with E-state index in [2.05, 4.69) is 4.72 Å². The van der Waals surface area contributed by atoms with E-state index in [0.717, 1.165) is 0 Å². The van der Waals surface area contributed by atoms with Crippen molar-refractivity contribution in [3.63, 3.8) is 0 Å². The summed E-state index contributed by atoms with van der Waals surface area (Å²) >= 11 is 0. The number of aliphatic hydroxyl groups is 1. The molecule has 1 saturated heterocycles. The van der Waals surface area contributed by atoms with Gasteiger partial charge in [-0.25, -0.2) is 0 Å². The van der Waals surface area contributed by atoms with Crippen LogP contribution < -0.4 is 4.72 Å². The van der Waals surface area contributed by atoms with Gasteiger partial charge in [-0.3, -0.25) is 4.79 Å². The lowest BCUT2D eigenvalue weighted by molar-refractivity contribution is -0.142. The molecular formula is C11H22N2O5S. The van der Waals surface area contributed by atoms with Gasteiger partial charge in [-0.2, -0.15) is 17.4 Å². The highest BCUT2D eigenvalue weighted by Gasteiger charge is 2.32. The van der Waals surface area contributed by atoms with Crippen molar-refractivity contribution in [2.24, 2.45) is 5.92 Å². The summed E-state index contributed by atoms with van der Waals surface area (Å²) in [6, 6.07) is 0. The first-order chi connectivity index (χ1) is 8.68. The van der Waals surface area contributed by atoms with Crippen LogP contribution in [0.1, 0.15) is 33.1 Å². The molecule has 1 aliphatic rings. The number of rotatable bonds is 6. The smallest absolute Gasteiger partial charge is 0.306 e. The molecule has 0 spiro atoms. The fourth-order valence-electron chi connectivity index (χ4n) is 1.81. The highest BCUT2D eigenvalue weighted by molar-refractivity contribution is 7.87. The Balaban J connectivity index is 2.54. The van der Waals surface area contributed by atoms with Crippen molar-refractivity contribution in [3.05, 3.63) is 0 Å². The van der Waals surface area contributed by atoms with Crippen molar-refractivity contribution >= 4 is 16.2 Å². The molecule has 19 heavy (non-hydrogen) atoms. The molecule has 0 aliphatic carbocycles. The van der Waals surface area contributed by atoms with Crippen LogP contribution in [-0.2, 0) is 15.0 Å². The minimum absolute atomic E-state index is 0.0509. The monoisotopic (exact) mass is 294 g/mol. The summed E-state index contributed by atoms with van der Waals surface area (Å²) < 4.78 is 27.6. The van der Waals surface area contributed by atoms with Gasteiger partial charge in [0, 0.05) is 19.6 Å². The van der Waals surface area contributed by atoms with E-state index in [-0.39, 0.29) is 19.6 Å². The van der Waals surface area contributed by atoms with Crippen molar-refractivity contribution in [2.75, 3.05) is 19.6 Å². The molecule has 1 fully saturated rings. The molecule has 1 heterocycles. The van der Waals surface area contributed by atoms with Crippen LogP contribution in [0.25, 0.3) is 0 Å². The van der Waals surface area contributed by atoms with Crippen LogP contribution in [0.2, 0.25) is 0 Å². The Morgan fingerprint density at radius 3 is 2.37 bits per heavy atom. The number of nitrogens with one attached hydrogen (secondary N) is 1. The number of carboxylic acid groups (broad SMARTS) is 1. The summed E-state index contributed by atoms with van der Waals surface area (Å²) in [5.41, 5.74) is -1.08. The van der Waals surface area contributed by atoms with Crippen molar-refractivity contribution < 1.29 is 23.4 Å². The summed E-state index contributed by atoms with van der Waals surface area (Å²) in [4.78, 5) is 10.8. The van der Waals surface area contributed by atoms with Crippen LogP contribution in [-0.4, -0.2) is 54.1 Å². The molecule has 0 aromatic rings. The molecule has 0 bridgehead atoms. The van der Waals surface area contributed by atoms with Crippen LogP contribution >= 0.6 is 0 Å². The van der Waals surface area contributed by atoms with E-state index in [0.29, 0.717) is 19.3 Å². The molecule has 8 heteroatoms. The average Bonchev–Trinajstić information content (AvgIpc) is 2.37. The zero-order valence-corrected chi connectivity index (χ0v) is 12.1. The average molecular weight is 294 g/mol. The van der Waals surface area contributed by atoms with Crippen molar-refractivity contribution in [2.45, 2.75) is 38.7 Å². The minimum atomic E-state index is -3.65. The molecule has 1 unspecified atom stereocenters. The number of piperidine rings is 1. The Morgan fingerprint density at radius 2 is 1.95 bits per heavy atom. The van der Waals surface area contributed by atoms with Crippen LogP contribution in [0.15, 0.2) is 0 Å². The van der Waals surface area contributed by atoms with Gasteiger partial charge >= 0.3 is 5.97 Å². The highest BCUT2D eigenvalue weighted by Crippen LogP contribution is 2.19. The summed E-state index contributed by atoms with van der Waals surface area (Å²) in [5.74, 6) is -1.34. The van der Waals surface area contributed by atoms with Crippen LogP contribution in [0.4, 0.5) is 0 Å². The fourth-order valence-corrected chi connectivity index (χ4v) is 3.17. The fraction of sp³-hybridized carbons (Fsp3) is 0.909. The topological polar surface area (TPSA) is 107 Å². The standard InChI is InChI=1S/C11H22N2O5S/c1-3-11(2,16)8-12-19(17,18)13-6-4-9(5-7-13)10(14)15/h9,12,16H,3-8H2,1-2H3,(H,14,15). The molecule has 0 aromatic carbocycles. The second kappa shape index (κ2) is 6.17. The van der Waals surface area contributed by atoms with Gasteiger partial charge in [-0.15, -0.1) is 0 Å². The van der Waals surface area contributed by atoms with Gasteiger partial charge < -0.3 is 10.2 Å². The number of carboxylic acids is 1. The molecular weight excluding hydrogens is 272 g/mol. The maximum Gasteiger partial charge on any atom is 0.306 e. The molecule has 0 saturated carbocycles. The molecule has 3 N–H and O–H groups in total. The molecule has 0 amide bonds. The van der Waals surface area contributed by atoms with E-state index in [1.807, 2.05) is 0 Å². The van der Waals surface area contributed by atoms with E-state index in [1.54, 1.807) is 13.8 Å². The number of aliphatic carboxylic acids is 1. The summed E-state index contributed by atoms with van der Waals surface area (Å²) in [7, 11) is -3.65. The van der Waals surface area contributed by atoms with Crippen molar-refractivity contribution in [1.29, 1.82) is 0 Å².